The Balaban J connectivity index is 0.00000240. The molecule has 0 aliphatic carbocycles. The molecule has 0 fully saturated rings. The highest BCUT2D eigenvalue weighted by Gasteiger charge is 2.08. The number of nitrogens with one attached hydrogen (secondary N) is 1. The molecule has 6 nitrogen and oxygen atoms in total. The van der Waals surface area contributed by atoms with Gasteiger partial charge in [0.1, 0.15) is 17.3 Å². The molecule has 0 atom stereocenters. The van der Waals surface area contributed by atoms with Crippen molar-refractivity contribution >= 4 is 23.3 Å². The van der Waals surface area contributed by atoms with Gasteiger partial charge in [-0.1, -0.05) is 0 Å². The van der Waals surface area contributed by atoms with Crippen LogP contribution in [0.4, 0.5) is 4.39 Å². The summed E-state index contributed by atoms with van der Waals surface area (Å²) in [5.74, 6) is 0.461. The predicted octanol–water partition coefficient (Wildman–Crippen LogP) is 3.95. The van der Waals surface area contributed by atoms with Gasteiger partial charge in [0.25, 0.3) is 5.56 Å². The smallest absolute Gasteiger partial charge is 0.259 e. The Morgan fingerprint density at radius 1 is 1.07 bits per heavy atom. The van der Waals surface area contributed by atoms with Gasteiger partial charge >= 0.3 is 0 Å². The summed E-state index contributed by atoms with van der Waals surface area (Å²) < 4.78 is 18.8. The first-order valence-electron chi connectivity index (χ1n) is 8.87. The Labute approximate surface area is 172 Å². The van der Waals surface area contributed by atoms with E-state index >= 15 is 0 Å². The van der Waals surface area contributed by atoms with Crippen LogP contribution in [0.3, 0.4) is 0 Å². The molecule has 0 bridgehead atoms. The molecule has 0 aliphatic rings. The van der Waals surface area contributed by atoms with Crippen molar-refractivity contribution in [3.8, 4) is 17.3 Å². The minimum absolute atomic E-state index is 0. The van der Waals surface area contributed by atoms with Crippen molar-refractivity contribution in [2.45, 2.75) is 12.8 Å². The number of aromatic amines is 1. The normalized spacial score (nSPS) is 10.5. The highest BCUT2D eigenvalue weighted by Crippen LogP contribution is 2.19. The standard InChI is InChI=1S/C21H17FN4O2.ClH/c22-15-3-5-19(24-13-15)20-25-18-6-4-16(12-17(18)21(27)26-20)28-11-1-2-14-7-9-23-10-8-14;/h3-10,12-13H,1-2,11H2,(H,25,26,27);1H. The second-order valence-corrected chi connectivity index (χ2v) is 6.26. The molecule has 8 heteroatoms. The molecule has 3 heterocycles. The van der Waals surface area contributed by atoms with E-state index in [4.69, 9.17) is 4.74 Å². The number of benzene rings is 1. The average molecular weight is 413 g/mol. The Bertz CT molecular complexity index is 1150. The van der Waals surface area contributed by atoms with E-state index in [0.717, 1.165) is 19.0 Å². The van der Waals surface area contributed by atoms with Crippen LogP contribution in [0.15, 0.2) is 65.8 Å². The maximum atomic E-state index is 13.0. The number of H-pyrrole nitrogens is 1. The van der Waals surface area contributed by atoms with Crippen molar-refractivity contribution in [1.29, 1.82) is 0 Å². The maximum Gasteiger partial charge on any atom is 0.259 e. The molecule has 4 rings (SSSR count). The number of rotatable bonds is 6. The number of fused-ring (bicyclic) bond motifs is 1. The number of aromatic nitrogens is 4. The number of aryl methyl sites for hydroxylation is 1. The lowest BCUT2D eigenvalue weighted by Gasteiger charge is -2.08. The molecule has 0 aliphatic heterocycles. The molecule has 0 amide bonds. The third kappa shape index (κ3) is 4.94. The number of pyridine rings is 2. The van der Waals surface area contributed by atoms with Gasteiger partial charge in [-0.15, -0.1) is 12.4 Å². The van der Waals surface area contributed by atoms with Gasteiger partial charge in [-0.25, -0.2) is 14.4 Å². The minimum atomic E-state index is -0.447. The fourth-order valence-corrected chi connectivity index (χ4v) is 2.86. The van der Waals surface area contributed by atoms with Gasteiger partial charge in [0, 0.05) is 12.4 Å². The van der Waals surface area contributed by atoms with Gasteiger partial charge in [-0.2, -0.15) is 0 Å². The number of ether oxygens (including phenoxy) is 1. The SMILES string of the molecule is Cl.O=c1[nH]c(-c2ccc(F)cn2)nc2ccc(OCCCc3ccncc3)cc12. The molecule has 0 radical (unpaired) electrons. The van der Waals surface area contributed by atoms with Crippen LogP contribution in [-0.2, 0) is 6.42 Å². The fourth-order valence-electron chi connectivity index (χ4n) is 2.86. The first-order chi connectivity index (χ1) is 13.7. The molecular formula is C21H18ClFN4O2. The Kier molecular flexibility index (Phi) is 6.51. The number of halogens is 2. The zero-order chi connectivity index (χ0) is 19.3. The predicted molar refractivity (Wildman–Crippen MR) is 111 cm³/mol. The molecule has 29 heavy (non-hydrogen) atoms. The van der Waals surface area contributed by atoms with Crippen molar-refractivity contribution in [2.75, 3.05) is 6.61 Å². The van der Waals surface area contributed by atoms with E-state index in [0.29, 0.717) is 34.8 Å². The summed E-state index contributed by atoms with van der Waals surface area (Å²) in [5, 5.41) is 0.428. The molecule has 1 aromatic carbocycles. The summed E-state index contributed by atoms with van der Waals surface area (Å²) >= 11 is 0. The van der Waals surface area contributed by atoms with Crippen LogP contribution in [0, 0.1) is 5.82 Å². The first-order valence-corrected chi connectivity index (χ1v) is 8.87. The van der Waals surface area contributed by atoms with Crippen LogP contribution in [0.5, 0.6) is 5.75 Å². The van der Waals surface area contributed by atoms with Crippen LogP contribution in [0.2, 0.25) is 0 Å². The second kappa shape index (κ2) is 9.25. The number of hydrogen-bond donors (Lipinski definition) is 1. The van der Waals surface area contributed by atoms with Gasteiger partial charge in [-0.3, -0.25) is 9.78 Å². The largest absolute Gasteiger partial charge is 0.494 e. The van der Waals surface area contributed by atoms with Gasteiger partial charge < -0.3 is 9.72 Å². The molecule has 0 saturated heterocycles. The van der Waals surface area contributed by atoms with Crippen LogP contribution >= 0.6 is 12.4 Å². The zero-order valence-corrected chi connectivity index (χ0v) is 16.2. The van der Waals surface area contributed by atoms with Crippen LogP contribution in [0.25, 0.3) is 22.4 Å². The molecular weight excluding hydrogens is 395 g/mol. The summed E-state index contributed by atoms with van der Waals surface area (Å²) in [6.07, 6.45) is 6.38. The van der Waals surface area contributed by atoms with E-state index in [-0.39, 0.29) is 18.0 Å². The maximum absolute atomic E-state index is 13.0. The number of hydrogen-bond acceptors (Lipinski definition) is 5. The van der Waals surface area contributed by atoms with E-state index in [2.05, 4.69) is 19.9 Å². The van der Waals surface area contributed by atoms with E-state index < -0.39 is 5.82 Å². The van der Waals surface area contributed by atoms with Crippen LogP contribution in [0.1, 0.15) is 12.0 Å². The highest BCUT2D eigenvalue weighted by atomic mass is 35.5. The van der Waals surface area contributed by atoms with Gasteiger partial charge in [-0.05, 0) is 60.9 Å². The third-order valence-electron chi connectivity index (χ3n) is 4.27. The van der Waals surface area contributed by atoms with Crippen LogP contribution in [-0.4, -0.2) is 26.5 Å². The van der Waals surface area contributed by atoms with Crippen molar-refractivity contribution < 1.29 is 9.13 Å². The summed E-state index contributed by atoms with van der Waals surface area (Å²) in [5.41, 5.74) is 1.83. The van der Waals surface area contributed by atoms with E-state index in [1.54, 1.807) is 30.6 Å². The van der Waals surface area contributed by atoms with Crippen molar-refractivity contribution in [1.82, 2.24) is 19.9 Å². The average Bonchev–Trinajstić information content (AvgIpc) is 2.73. The molecule has 0 spiro atoms. The highest BCUT2D eigenvalue weighted by molar-refractivity contribution is 5.85. The fraction of sp³-hybridized carbons (Fsp3) is 0.143. The Hall–Kier alpha value is -3.32. The van der Waals surface area contributed by atoms with Crippen molar-refractivity contribution in [2.24, 2.45) is 0 Å². The molecule has 0 saturated carbocycles. The summed E-state index contributed by atoms with van der Waals surface area (Å²) in [6.45, 7) is 0.538. The van der Waals surface area contributed by atoms with E-state index in [1.807, 2.05) is 12.1 Å². The number of nitrogens with zero attached hydrogens (tertiary/aromatic N) is 3. The topological polar surface area (TPSA) is 80.8 Å². The van der Waals surface area contributed by atoms with Gasteiger partial charge in [0.15, 0.2) is 5.82 Å². The quantitative estimate of drug-likeness (QED) is 0.485. The Morgan fingerprint density at radius 3 is 2.66 bits per heavy atom. The lowest BCUT2D eigenvalue weighted by atomic mass is 10.1. The second-order valence-electron chi connectivity index (χ2n) is 6.26. The Morgan fingerprint density at radius 2 is 1.90 bits per heavy atom. The minimum Gasteiger partial charge on any atom is -0.494 e. The van der Waals surface area contributed by atoms with E-state index in [9.17, 15) is 9.18 Å². The van der Waals surface area contributed by atoms with Gasteiger partial charge in [0.2, 0.25) is 0 Å². The van der Waals surface area contributed by atoms with E-state index in [1.165, 1.54) is 17.7 Å². The molecule has 1 N–H and O–H groups in total. The molecule has 3 aromatic heterocycles. The molecule has 0 unspecified atom stereocenters. The summed E-state index contributed by atoms with van der Waals surface area (Å²) in [7, 11) is 0. The van der Waals surface area contributed by atoms with Crippen molar-refractivity contribution in [3.63, 3.8) is 0 Å². The monoisotopic (exact) mass is 412 g/mol. The first kappa shape index (κ1) is 20.4. The summed E-state index contributed by atoms with van der Waals surface area (Å²) in [6, 6.07) is 11.9. The van der Waals surface area contributed by atoms with Crippen molar-refractivity contribution in [3.05, 3.63) is 82.8 Å². The molecule has 4 aromatic rings. The lowest BCUT2D eigenvalue weighted by molar-refractivity contribution is 0.311. The van der Waals surface area contributed by atoms with Gasteiger partial charge in [0.05, 0.1) is 23.7 Å². The lowest BCUT2D eigenvalue weighted by Crippen LogP contribution is -2.10. The summed E-state index contributed by atoms with van der Waals surface area (Å²) in [4.78, 5) is 27.5. The van der Waals surface area contributed by atoms with Crippen LogP contribution < -0.4 is 10.3 Å². The third-order valence-corrected chi connectivity index (χ3v) is 4.27. The molecule has 148 valence electrons. The zero-order valence-electron chi connectivity index (χ0n) is 15.3.